The molecule has 13 heavy (non-hydrogen) atoms. The first-order chi connectivity index (χ1) is 6.32. The fourth-order valence-corrected chi connectivity index (χ4v) is 2.05. The van der Waals surface area contributed by atoms with Gasteiger partial charge in [0.15, 0.2) is 5.79 Å². The minimum atomic E-state index is -0.489. The molecule has 0 aliphatic heterocycles. The maximum Gasteiger partial charge on any atom is 0.194 e. The summed E-state index contributed by atoms with van der Waals surface area (Å²) in [5.74, 6) is -0.489. The summed E-state index contributed by atoms with van der Waals surface area (Å²) in [5.41, 5.74) is 2.52. The molecule has 0 atom stereocenters. The monoisotopic (exact) mass is 178 g/mol. The molecule has 1 aliphatic carbocycles. The molecular weight excluding hydrogens is 164 g/mol. The van der Waals surface area contributed by atoms with E-state index in [9.17, 15) is 0 Å². The quantitative estimate of drug-likeness (QED) is 0.645. The molecule has 1 aromatic carbocycles. The molecule has 0 spiro atoms. The van der Waals surface area contributed by atoms with E-state index in [-0.39, 0.29) is 0 Å². The van der Waals surface area contributed by atoms with Crippen LogP contribution in [-0.2, 0) is 21.7 Å². The standard InChI is InChI=1S/C11H14O2/c1-12-11(13-2)8-7-9-5-3-4-6-10(9)11/h3-6H,7-8H2,1-2H3. The van der Waals surface area contributed by atoms with Crippen LogP contribution < -0.4 is 0 Å². The van der Waals surface area contributed by atoms with Crippen LogP contribution in [0.15, 0.2) is 24.3 Å². The minimum Gasteiger partial charge on any atom is -0.349 e. The summed E-state index contributed by atoms with van der Waals surface area (Å²) in [6, 6.07) is 8.29. The first-order valence-electron chi connectivity index (χ1n) is 4.51. The maximum atomic E-state index is 5.45. The molecule has 0 aromatic heterocycles. The number of fused-ring (bicyclic) bond motifs is 1. The highest BCUT2D eigenvalue weighted by molar-refractivity contribution is 5.35. The molecule has 0 heterocycles. The Balaban J connectivity index is 2.47. The highest BCUT2D eigenvalue weighted by Gasteiger charge is 2.38. The predicted octanol–water partition coefficient (Wildman–Crippen LogP) is 2.08. The fourth-order valence-electron chi connectivity index (χ4n) is 2.05. The van der Waals surface area contributed by atoms with Crippen LogP contribution in [0.1, 0.15) is 17.5 Å². The van der Waals surface area contributed by atoms with Crippen molar-refractivity contribution >= 4 is 0 Å². The van der Waals surface area contributed by atoms with Crippen molar-refractivity contribution in [2.45, 2.75) is 18.6 Å². The molecule has 70 valence electrons. The molecule has 0 bridgehead atoms. The van der Waals surface area contributed by atoms with Gasteiger partial charge in [0.05, 0.1) is 0 Å². The minimum absolute atomic E-state index is 0.489. The van der Waals surface area contributed by atoms with Gasteiger partial charge in [-0.15, -0.1) is 0 Å². The molecule has 0 fully saturated rings. The van der Waals surface area contributed by atoms with E-state index in [2.05, 4.69) is 18.2 Å². The second-order valence-electron chi connectivity index (χ2n) is 3.32. The van der Waals surface area contributed by atoms with Crippen LogP contribution in [0.5, 0.6) is 0 Å². The van der Waals surface area contributed by atoms with E-state index in [0.717, 1.165) is 12.8 Å². The van der Waals surface area contributed by atoms with E-state index in [1.807, 2.05) is 6.07 Å². The Morgan fingerprint density at radius 3 is 2.54 bits per heavy atom. The van der Waals surface area contributed by atoms with Gasteiger partial charge in [-0.1, -0.05) is 24.3 Å². The first kappa shape index (κ1) is 8.73. The largest absolute Gasteiger partial charge is 0.349 e. The van der Waals surface area contributed by atoms with Gasteiger partial charge in [-0.25, -0.2) is 0 Å². The van der Waals surface area contributed by atoms with Crippen molar-refractivity contribution in [1.82, 2.24) is 0 Å². The molecule has 0 amide bonds. The van der Waals surface area contributed by atoms with Gasteiger partial charge in [0.2, 0.25) is 0 Å². The number of hydrogen-bond donors (Lipinski definition) is 0. The zero-order chi connectivity index (χ0) is 9.31. The summed E-state index contributed by atoms with van der Waals surface area (Å²) in [4.78, 5) is 0. The number of rotatable bonds is 2. The molecule has 0 unspecified atom stereocenters. The summed E-state index contributed by atoms with van der Waals surface area (Å²) in [6.07, 6.45) is 1.96. The van der Waals surface area contributed by atoms with Gasteiger partial charge in [-0.05, 0) is 12.0 Å². The molecule has 2 nitrogen and oxygen atoms in total. The van der Waals surface area contributed by atoms with Crippen molar-refractivity contribution in [2.75, 3.05) is 14.2 Å². The topological polar surface area (TPSA) is 18.5 Å². The Labute approximate surface area is 78.5 Å². The van der Waals surface area contributed by atoms with Crippen molar-refractivity contribution in [3.05, 3.63) is 35.4 Å². The first-order valence-corrected chi connectivity index (χ1v) is 4.51. The van der Waals surface area contributed by atoms with Gasteiger partial charge in [0.25, 0.3) is 0 Å². The Morgan fingerprint density at radius 2 is 1.85 bits per heavy atom. The third-order valence-corrected chi connectivity index (χ3v) is 2.81. The Kier molecular flexibility index (Phi) is 2.10. The number of methoxy groups -OCH3 is 2. The van der Waals surface area contributed by atoms with E-state index in [1.54, 1.807) is 14.2 Å². The molecule has 0 saturated heterocycles. The van der Waals surface area contributed by atoms with Crippen molar-refractivity contribution in [3.8, 4) is 0 Å². The average Bonchev–Trinajstić information content (AvgIpc) is 2.58. The van der Waals surface area contributed by atoms with Crippen LogP contribution >= 0.6 is 0 Å². The van der Waals surface area contributed by atoms with Gasteiger partial charge in [-0.3, -0.25) is 0 Å². The Hall–Kier alpha value is -0.860. The summed E-state index contributed by atoms with van der Waals surface area (Å²) >= 11 is 0. The highest BCUT2D eigenvalue weighted by atomic mass is 16.7. The van der Waals surface area contributed by atoms with Crippen molar-refractivity contribution < 1.29 is 9.47 Å². The van der Waals surface area contributed by atoms with Gasteiger partial charge in [0, 0.05) is 26.2 Å². The number of aryl methyl sites for hydroxylation is 1. The van der Waals surface area contributed by atoms with E-state index in [1.165, 1.54) is 11.1 Å². The number of hydrogen-bond acceptors (Lipinski definition) is 2. The number of benzene rings is 1. The lowest BCUT2D eigenvalue weighted by molar-refractivity contribution is -0.213. The predicted molar refractivity (Wildman–Crippen MR) is 50.5 cm³/mol. The molecule has 0 N–H and O–H groups in total. The average molecular weight is 178 g/mol. The molecule has 2 rings (SSSR count). The highest BCUT2D eigenvalue weighted by Crippen LogP contribution is 2.39. The van der Waals surface area contributed by atoms with Gasteiger partial charge in [-0.2, -0.15) is 0 Å². The SMILES string of the molecule is COC1(OC)CCc2ccccc21. The van der Waals surface area contributed by atoms with E-state index in [0.29, 0.717) is 0 Å². The second kappa shape index (κ2) is 3.13. The Morgan fingerprint density at radius 1 is 1.15 bits per heavy atom. The molecule has 0 saturated carbocycles. The summed E-state index contributed by atoms with van der Waals surface area (Å²) < 4.78 is 10.9. The molecule has 1 aliphatic rings. The zero-order valence-electron chi connectivity index (χ0n) is 8.04. The summed E-state index contributed by atoms with van der Waals surface area (Å²) in [7, 11) is 3.40. The third kappa shape index (κ3) is 1.18. The van der Waals surface area contributed by atoms with E-state index < -0.39 is 5.79 Å². The van der Waals surface area contributed by atoms with Crippen molar-refractivity contribution in [1.29, 1.82) is 0 Å². The van der Waals surface area contributed by atoms with Crippen LogP contribution in [0, 0.1) is 0 Å². The van der Waals surface area contributed by atoms with Crippen LogP contribution in [0.3, 0.4) is 0 Å². The molecule has 1 aromatic rings. The lowest BCUT2D eigenvalue weighted by Gasteiger charge is -2.26. The van der Waals surface area contributed by atoms with Crippen molar-refractivity contribution in [3.63, 3.8) is 0 Å². The van der Waals surface area contributed by atoms with Crippen LogP contribution in [0.25, 0.3) is 0 Å². The van der Waals surface area contributed by atoms with E-state index >= 15 is 0 Å². The summed E-state index contributed by atoms with van der Waals surface area (Å²) in [6.45, 7) is 0. The van der Waals surface area contributed by atoms with Crippen LogP contribution in [0.4, 0.5) is 0 Å². The second-order valence-corrected chi connectivity index (χ2v) is 3.32. The normalized spacial score (nSPS) is 18.6. The van der Waals surface area contributed by atoms with E-state index in [4.69, 9.17) is 9.47 Å². The van der Waals surface area contributed by atoms with Gasteiger partial charge >= 0.3 is 0 Å². The van der Waals surface area contributed by atoms with Crippen molar-refractivity contribution in [2.24, 2.45) is 0 Å². The maximum absolute atomic E-state index is 5.45. The lowest BCUT2D eigenvalue weighted by Crippen LogP contribution is -2.27. The smallest absolute Gasteiger partial charge is 0.194 e. The van der Waals surface area contributed by atoms with Gasteiger partial charge in [0.1, 0.15) is 0 Å². The third-order valence-electron chi connectivity index (χ3n) is 2.81. The lowest BCUT2D eigenvalue weighted by atomic mass is 10.1. The number of ether oxygens (including phenoxy) is 2. The van der Waals surface area contributed by atoms with Crippen LogP contribution in [0.2, 0.25) is 0 Å². The zero-order valence-corrected chi connectivity index (χ0v) is 8.04. The fraction of sp³-hybridized carbons (Fsp3) is 0.455. The molecule has 2 heteroatoms. The molecule has 0 radical (unpaired) electrons. The summed E-state index contributed by atoms with van der Waals surface area (Å²) in [5, 5.41) is 0. The molecular formula is C11H14O2. The van der Waals surface area contributed by atoms with Gasteiger partial charge < -0.3 is 9.47 Å². The Bertz CT molecular complexity index is 303. The van der Waals surface area contributed by atoms with Crippen LogP contribution in [-0.4, -0.2) is 14.2 Å².